The molecule has 2 N–H and O–H groups in total. The zero-order valence-electron chi connectivity index (χ0n) is 13.0. The molecule has 2 atom stereocenters. The fourth-order valence-electron chi connectivity index (χ4n) is 3.79. The largest absolute Gasteiger partial charge is 0.398 e. The van der Waals surface area contributed by atoms with Crippen molar-refractivity contribution in [2.75, 3.05) is 38.6 Å². The van der Waals surface area contributed by atoms with Gasteiger partial charge < -0.3 is 10.5 Å². The fourth-order valence-corrected chi connectivity index (χ4v) is 3.79. The SMILES string of the molecule is Nc1ccc([C@H]2CC2CCN2CCOCC2)c2ccccc12. The molecule has 116 valence electrons. The van der Waals surface area contributed by atoms with Crippen molar-refractivity contribution >= 4 is 16.5 Å². The molecule has 22 heavy (non-hydrogen) atoms. The molecule has 0 spiro atoms. The fraction of sp³-hybridized carbons (Fsp3) is 0.474. The van der Waals surface area contributed by atoms with Crippen LogP contribution in [0.4, 0.5) is 5.69 Å². The van der Waals surface area contributed by atoms with Gasteiger partial charge in [-0.05, 0) is 48.2 Å². The number of rotatable bonds is 4. The van der Waals surface area contributed by atoms with E-state index in [1.54, 1.807) is 0 Å². The molecule has 2 fully saturated rings. The summed E-state index contributed by atoms with van der Waals surface area (Å²) in [6, 6.07) is 12.9. The lowest BCUT2D eigenvalue weighted by Crippen LogP contribution is -2.37. The summed E-state index contributed by atoms with van der Waals surface area (Å²) < 4.78 is 5.42. The summed E-state index contributed by atoms with van der Waals surface area (Å²) in [5.41, 5.74) is 8.51. The first-order valence-electron chi connectivity index (χ1n) is 8.40. The average molecular weight is 296 g/mol. The van der Waals surface area contributed by atoms with E-state index in [0.29, 0.717) is 0 Å². The van der Waals surface area contributed by atoms with Gasteiger partial charge in [-0.1, -0.05) is 30.3 Å². The van der Waals surface area contributed by atoms with Crippen LogP contribution in [-0.4, -0.2) is 37.7 Å². The Bertz CT molecular complexity index is 664. The van der Waals surface area contributed by atoms with E-state index in [0.717, 1.165) is 43.8 Å². The Kier molecular flexibility index (Phi) is 3.77. The molecule has 0 radical (unpaired) electrons. The zero-order chi connectivity index (χ0) is 14.9. The number of nitrogen functional groups attached to an aromatic ring is 1. The van der Waals surface area contributed by atoms with Crippen LogP contribution in [-0.2, 0) is 4.74 Å². The minimum atomic E-state index is 0.728. The number of nitrogens with two attached hydrogens (primary N) is 1. The second kappa shape index (κ2) is 5.90. The molecule has 1 saturated carbocycles. The number of nitrogens with zero attached hydrogens (tertiary/aromatic N) is 1. The van der Waals surface area contributed by atoms with Gasteiger partial charge in [0.15, 0.2) is 0 Å². The van der Waals surface area contributed by atoms with Crippen molar-refractivity contribution in [3.8, 4) is 0 Å². The topological polar surface area (TPSA) is 38.5 Å². The summed E-state index contributed by atoms with van der Waals surface area (Å²) in [4.78, 5) is 2.54. The number of benzene rings is 2. The minimum Gasteiger partial charge on any atom is -0.398 e. The third-order valence-corrected chi connectivity index (χ3v) is 5.23. The predicted molar refractivity (Wildman–Crippen MR) is 91.1 cm³/mol. The molecule has 1 aliphatic heterocycles. The monoisotopic (exact) mass is 296 g/mol. The van der Waals surface area contributed by atoms with Crippen LogP contribution < -0.4 is 5.73 Å². The summed E-state index contributed by atoms with van der Waals surface area (Å²) in [6.07, 6.45) is 2.64. The standard InChI is InChI=1S/C19H24N2O/c20-19-6-5-16(15-3-1-2-4-17(15)19)18-13-14(18)7-8-21-9-11-22-12-10-21/h1-6,14,18H,7-13,20H2/t14?,18-/m0/s1. The molecule has 1 unspecified atom stereocenters. The van der Waals surface area contributed by atoms with Gasteiger partial charge in [-0.25, -0.2) is 0 Å². The molecule has 0 aromatic heterocycles. The van der Waals surface area contributed by atoms with Crippen molar-refractivity contribution in [3.63, 3.8) is 0 Å². The molecule has 0 bridgehead atoms. The van der Waals surface area contributed by atoms with E-state index < -0.39 is 0 Å². The molecule has 2 aromatic carbocycles. The van der Waals surface area contributed by atoms with Gasteiger partial charge in [0.25, 0.3) is 0 Å². The Balaban J connectivity index is 1.45. The van der Waals surface area contributed by atoms with Gasteiger partial charge in [0.2, 0.25) is 0 Å². The van der Waals surface area contributed by atoms with Crippen LogP contribution in [0.15, 0.2) is 36.4 Å². The van der Waals surface area contributed by atoms with E-state index >= 15 is 0 Å². The Morgan fingerprint density at radius 2 is 1.82 bits per heavy atom. The highest BCUT2D eigenvalue weighted by atomic mass is 16.5. The van der Waals surface area contributed by atoms with Crippen molar-refractivity contribution in [1.82, 2.24) is 4.90 Å². The molecular formula is C19H24N2O. The number of hydrogen-bond donors (Lipinski definition) is 1. The van der Waals surface area contributed by atoms with Gasteiger partial charge in [0, 0.05) is 24.2 Å². The number of morpholine rings is 1. The smallest absolute Gasteiger partial charge is 0.0594 e. The van der Waals surface area contributed by atoms with Gasteiger partial charge in [0.05, 0.1) is 13.2 Å². The number of anilines is 1. The Hall–Kier alpha value is -1.58. The zero-order valence-corrected chi connectivity index (χ0v) is 13.0. The van der Waals surface area contributed by atoms with Crippen molar-refractivity contribution in [1.29, 1.82) is 0 Å². The number of fused-ring (bicyclic) bond motifs is 1. The maximum Gasteiger partial charge on any atom is 0.0594 e. The molecule has 0 amide bonds. The molecule has 1 heterocycles. The van der Waals surface area contributed by atoms with Crippen molar-refractivity contribution < 1.29 is 4.74 Å². The lowest BCUT2D eigenvalue weighted by molar-refractivity contribution is 0.0367. The molecule has 2 aliphatic rings. The molecule has 4 rings (SSSR count). The summed E-state index contributed by atoms with van der Waals surface area (Å²) in [7, 11) is 0. The lowest BCUT2D eigenvalue weighted by atomic mass is 9.98. The highest BCUT2D eigenvalue weighted by Crippen LogP contribution is 2.51. The van der Waals surface area contributed by atoms with E-state index in [1.807, 2.05) is 0 Å². The van der Waals surface area contributed by atoms with Crippen LogP contribution in [0.3, 0.4) is 0 Å². The minimum absolute atomic E-state index is 0.728. The Labute approximate surface area is 132 Å². The maximum atomic E-state index is 6.12. The summed E-state index contributed by atoms with van der Waals surface area (Å²) in [6.45, 7) is 5.22. The van der Waals surface area contributed by atoms with Crippen LogP contribution in [0.1, 0.15) is 24.3 Å². The van der Waals surface area contributed by atoms with Crippen molar-refractivity contribution in [3.05, 3.63) is 42.0 Å². The Morgan fingerprint density at radius 1 is 1.05 bits per heavy atom. The third-order valence-electron chi connectivity index (χ3n) is 5.23. The van der Waals surface area contributed by atoms with E-state index in [-0.39, 0.29) is 0 Å². The lowest BCUT2D eigenvalue weighted by Gasteiger charge is -2.26. The summed E-state index contributed by atoms with van der Waals surface area (Å²) >= 11 is 0. The molecular weight excluding hydrogens is 272 g/mol. The van der Waals surface area contributed by atoms with E-state index in [1.165, 1.54) is 35.7 Å². The highest BCUT2D eigenvalue weighted by molar-refractivity contribution is 5.95. The molecule has 1 aliphatic carbocycles. The van der Waals surface area contributed by atoms with Gasteiger partial charge >= 0.3 is 0 Å². The number of hydrogen-bond acceptors (Lipinski definition) is 3. The van der Waals surface area contributed by atoms with Crippen LogP contribution in [0.25, 0.3) is 10.8 Å². The average Bonchev–Trinajstić information content (AvgIpc) is 3.34. The van der Waals surface area contributed by atoms with Gasteiger partial charge in [-0.15, -0.1) is 0 Å². The van der Waals surface area contributed by atoms with Crippen molar-refractivity contribution in [2.45, 2.75) is 18.8 Å². The second-order valence-electron chi connectivity index (χ2n) is 6.63. The summed E-state index contributed by atoms with van der Waals surface area (Å²) in [5.74, 6) is 1.57. The third kappa shape index (κ3) is 2.71. The Morgan fingerprint density at radius 3 is 2.64 bits per heavy atom. The van der Waals surface area contributed by atoms with E-state index in [2.05, 4.69) is 41.3 Å². The molecule has 2 aromatic rings. The first-order valence-corrected chi connectivity index (χ1v) is 8.40. The first kappa shape index (κ1) is 14.0. The molecule has 3 nitrogen and oxygen atoms in total. The second-order valence-corrected chi connectivity index (χ2v) is 6.63. The normalized spacial score (nSPS) is 25.5. The van der Waals surface area contributed by atoms with E-state index in [4.69, 9.17) is 10.5 Å². The highest BCUT2D eigenvalue weighted by Gasteiger charge is 2.38. The van der Waals surface area contributed by atoms with Crippen LogP contribution >= 0.6 is 0 Å². The van der Waals surface area contributed by atoms with E-state index in [9.17, 15) is 0 Å². The predicted octanol–water partition coefficient (Wildman–Crippen LogP) is 3.25. The van der Waals surface area contributed by atoms with Crippen LogP contribution in [0.5, 0.6) is 0 Å². The quantitative estimate of drug-likeness (QED) is 0.880. The van der Waals surface area contributed by atoms with Crippen LogP contribution in [0.2, 0.25) is 0 Å². The van der Waals surface area contributed by atoms with Gasteiger partial charge in [-0.2, -0.15) is 0 Å². The van der Waals surface area contributed by atoms with Crippen molar-refractivity contribution in [2.24, 2.45) is 5.92 Å². The van der Waals surface area contributed by atoms with Crippen LogP contribution in [0, 0.1) is 5.92 Å². The maximum absolute atomic E-state index is 6.12. The van der Waals surface area contributed by atoms with Gasteiger partial charge in [0.1, 0.15) is 0 Å². The van der Waals surface area contributed by atoms with Gasteiger partial charge in [-0.3, -0.25) is 4.90 Å². The number of ether oxygens (including phenoxy) is 1. The first-order chi connectivity index (χ1) is 10.8. The molecule has 3 heteroatoms. The molecule has 1 saturated heterocycles. The summed E-state index contributed by atoms with van der Waals surface area (Å²) in [5, 5.41) is 2.56.